The summed E-state index contributed by atoms with van der Waals surface area (Å²) in [5.74, 6) is -1.64. The van der Waals surface area contributed by atoms with Gasteiger partial charge in [0.1, 0.15) is 6.54 Å². The van der Waals surface area contributed by atoms with Gasteiger partial charge in [0.05, 0.1) is 15.7 Å². The smallest absolute Gasteiger partial charge is 0.328 e. The maximum absolute atomic E-state index is 12.4. The molecule has 0 saturated carbocycles. The molecule has 11 heteroatoms. The van der Waals surface area contributed by atoms with Gasteiger partial charge in [-0.05, 0) is 25.1 Å². The van der Waals surface area contributed by atoms with E-state index in [4.69, 9.17) is 4.74 Å². The number of nitrogens with zero attached hydrogens (tertiary/aromatic N) is 2. The fourth-order valence-corrected chi connectivity index (χ4v) is 2.76. The highest BCUT2D eigenvalue weighted by Crippen LogP contribution is 2.22. The van der Waals surface area contributed by atoms with Gasteiger partial charge in [-0.25, -0.2) is 4.68 Å². The number of anilines is 1. The number of aryl methyl sites for hydroxylation is 1. The number of nitro groups is 1. The zero-order chi connectivity index (χ0) is 21.8. The number of rotatable bonds is 6. The van der Waals surface area contributed by atoms with Crippen LogP contribution in [0.15, 0.2) is 52.1 Å². The highest BCUT2D eigenvalue weighted by atomic mass is 16.6. The van der Waals surface area contributed by atoms with E-state index in [0.29, 0.717) is 5.56 Å². The van der Waals surface area contributed by atoms with Crippen LogP contribution in [0, 0.1) is 17.0 Å². The SMILES string of the molecule is Cc1ccc(NC(=O)COC(=O)Cn2[nH]c(=O)c3ccccc3c2=O)cc1[N+](=O)[O-]. The Morgan fingerprint density at radius 3 is 2.57 bits per heavy atom. The van der Waals surface area contributed by atoms with Crippen LogP contribution in [0.3, 0.4) is 0 Å². The third-order valence-corrected chi connectivity index (χ3v) is 4.22. The maximum Gasteiger partial charge on any atom is 0.328 e. The van der Waals surface area contributed by atoms with Gasteiger partial charge >= 0.3 is 5.97 Å². The molecule has 1 amide bonds. The van der Waals surface area contributed by atoms with Crippen LogP contribution in [0.2, 0.25) is 0 Å². The lowest BCUT2D eigenvalue weighted by atomic mass is 10.2. The van der Waals surface area contributed by atoms with Crippen molar-refractivity contribution in [3.63, 3.8) is 0 Å². The highest BCUT2D eigenvalue weighted by Gasteiger charge is 2.15. The number of aromatic amines is 1. The van der Waals surface area contributed by atoms with Gasteiger partial charge in [-0.3, -0.25) is 34.4 Å². The second-order valence-corrected chi connectivity index (χ2v) is 6.35. The van der Waals surface area contributed by atoms with Crippen LogP contribution in [0.1, 0.15) is 5.56 Å². The Morgan fingerprint density at radius 1 is 1.17 bits per heavy atom. The van der Waals surface area contributed by atoms with Crippen molar-refractivity contribution in [2.24, 2.45) is 0 Å². The van der Waals surface area contributed by atoms with E-state index in [9.17, 15) is 29.3 Å². The fourth-order valence-electron chi connectivity index (χ4n) is 2.76. The number of ether oxygens (including phenoxy) is 1. The number of amides is 1. The lowest BCUT2D eigenvalue weighted by molar-refractivity contribution is -0.385. The van der Waals surface area contributed by atoms with Crippen LogP contribution < -0.4 is 16.4 Å². The molecule has 30 heavy (non-hydrogen) atoms. The van der Waals surface area contributed by atoms with E-state index in [2.05, 4.69) is 10.4 Å². The summed E-state index contributed by atoms with van der Waals surface area (Å²) in [4.78, 5) is 58.7. The molecular weight excluding hydrogens is 396 g/mol. The Kier molecular flexibility index (Phi) is 5.72. The largest absolute Gasteiger partial charge is 0.454 e. The predicted molar refractivity (Wildman–Crippen MR) is 106 cm³/mol. The molecule has 0 spiro atoms. The number of benzene rings is 2. The lowest BCUT2D eigenvalue weighted by Crippen LogP contribution is -2.33. The van der Waals surface area contributed by atoms with Gasteiger partial charge in [0, 0.05) is 17.3 Å². The number of fused-ring (bicyclic) bond motifs is 1. The molecule has 3 aromatic rings. The zero-order valence-electron chi connectivity index (χ0n) is 15.7. The summed E-state index contributed by atoms with van der Waals surface area (Å²) in [7, 11) is 0. The normalized spacial score (nSPS) is 10.6. The molecule has 0 unspecified atom stereocenters. The van der Waals surface area contributed by atoms with Gasteiger partial charge in [0.25, 0.3) is 22.7 Å². The minimum atomic E-state index is -0.923. The molecule has 1 heterocycles. The number of aromatic nitrogens is 2. The van der Waals surface area contributed by atoms with Crippen molar-refractivity contribution in [3.05, 3.63) is 78.8 Å². The Morgan fingerprint density at radius 2 is 1.87 bits per heavy atom. The average molecular weight is 412 g/mol. The molecular formula is C19H16N4O7. The number of nitro benzene ring substituents is 1. The van der Waals surface area contributed by atoms with Crippen molar-refractivity contribution in [1.29, 1.82) is 0 Å². The molecule has 0 fully saturated rings. The summed E-state index contributed by atoms with van der Waals surface area (Å²) in [6.07, 6.45) is 0. The Balaban J connectivity index is 1.63. The molecule has 2 N–H and O–H groups in total. The summed E-state index contributed by atoms with van der Waals surface area (Å²) in [6, 6.07) is 10.3. The molecule has 11 nitrogen and oxygen atoms in total. The second-order valence-electron chi connectivity index (χ2n) is 6.35. The quantitative estimate of drug-likeness (QED) is 0.349. The van der Waals surface area contributed by atoms with E-state index in [1.165, 1.54) is 30.3 Å². The van der Waals surface area contributed by atoms with Crippen LogP contribution in [-0.2, 0) is 20.9 Å². The molecule has 0 radical (unpaired) electrons. The lowest BCUT2D eigenvalue weighted by Gasteiger charge is -2.09. The first-order valence-corrected chi connectivity index (χ1v) is 8.68. The van der Waals surface area contributed by atoms with Crippen molar-refractivity contribution in [2.75, 3.05) is 11.9 Å². The van der Waals surface area contributed by atoms with E-state index in [-0.39, 0.29) is 22.1 Å². The van der Waals surface area contributed by atoms with Crippen LogP contribution in [0.5, 0.6) is 0 Å². The first kappa shape index (κ1) is 20.5. The topological polar surface area (TPSA) is 153 Å². The van der Waals surface area contributed by atoms with Crippen molar-refractivity contribution in [2.45, 2.75) is 13.5 Å². The monoisotopic (exact) mass is 412 g/mol. The van der Waals surface area contributed by atoms with Crippen LogP contribution in [-0.4, -0.2) is 33.2 Å². The molecule has 2 aromatic carbocycles. The minimum Gasteiger partial charge on any atom is -0.454 e. The minimum absolute atomic E-state index is 0.146. The van der Waals surface area contributed by atoms with E-state index >= 15 is 0 Å². The Labute approximate surface area is 168 Å². The first-order chi connectivity index (χ1) is 14.3. The summed E-state index contributed by atoms with van der Waals surface area (Å²) < 4.78 is 5.62. The predicted octanol–water partition coefficient (Wildman–Crippen LogP) is 1.09. The second kappa shape index (κ2) is 8.39. The third kappa shape index (κ3) is 4.41. The first-order valence-electron chi connectivity index (χ1n) is 8.68. The number of esters is 1. The zero-order valence-corrected chi connectivity index (χ0v) is 15.7. The maximum atomic E-state index is 12.4. The molecule has 0 atom stereocenters. The molecule has 1 aromatic heterocycles. The summed E-state index contributed by atoms with van der Waals surface area (Å²) in [5.41, 5.74) is -0.692. The summed E-state index contributed by atoms with van der Waals surface area (Å²) in [5, 5.41) is 16.0. The van der Waals surface area contributed by atoms with Crippen molar-refractivity contribution < 1.29 is 19.2 Å². The Hall–Kier alpha value is -4.28. The van der Waals surface area contributed by atoms with E-state index in [0.717, 1.165) is 4.68 Å². The summed E-state index contributed by atoms with van der Waals surface area (Å²) >= 11 is 0. The molecule has 3 rings (SSSR count). The number of H-pyrrole nitrogens is 1. The van der Waals surface area contributed by atoms with Gasteiger partial charge < -0.3 is 10.1 Å². The number of nitrogens with one attached hydrogen (secondary N) is 2. The van der Waals surface area contributed by atoms with Crippen molar-refractivity contribution in [3.8, 4) is 0 Å². The van der Waals surface area contributed by atoms with Crippen LogP contribution in [0.25, 0.3) is 10.8 Å². The van der Waals surface area contributed by atoms with Gasteiger partial charge in [0.15, 0.2) is 6.61 Å². The molecule has 0 aliphatic rings. The molecule has 0 aliphatic heterocycles. The standard InChI is InChI=1S/C19H16N4O7/c1-11-6-7-12(8-15(11)23(28)29)20-16(24)10-30-17(25)9-22-19(27)14-5-3-2-4-13(14)18(26)21-22/h2-8H,9-10H2,1H3,(H,20,24)(H,21,26). The van der Waals surface area contributed by atoms with E-state index < -0.39 is 41.1 Å². The highest BCUT2D eigenvalue weighted by molar-refractivity contribution is 5.93. The average Bonchev–Trinajstić information content (AvgIpc) is 2.71. The van der Waals surface area contributed by atoms with Gasteiger partial charge in [-0.2, -0.15) is 0 Å². The number of carbonyl (C=O) groups excluding carboxylic acids is 2. The van der Waals surface area contributed by atoms with Crippen LogP contribution >= 0.6 is 0 Å². The van der Waals surface area contributed by atoms with Crippen molar-refractivity contribution >= 4 is 34.0 Å². The molecule has 0 aliphatic carbocycles. The van der Waals surface area contributed by atoms with E-state index in [1.807, 2.05) is 0 Å². The van der Waals surface area contributed by atoms with Gasteiger partial charge in [-0.15, -0.1) is 0 Å². The fraction of sp³-hybridized carbons (Fsp3) is 0.158. The Bertz CT molecular complexity index is 1280. The molecule has 0 bridgehead atoms. The van der Waals surface area contributed by atoms with Crippen LogP contribution in [0.4, 0.5) is 11.4 Å². The summed E-state index contributed by atoms with van der Waals surface area (Å²) in [6.45, 7) is 0.292. The number of carbonyl (C=O) groups is 2. The van der Waals surface area contributed by atoms with Gasteiger partial charge in [0.2, 0.25) is 0 Å². The molecule has 154 valence electrons. The van der Waals surface area contributed by atoms with Gasteiger partial charge in [-0.1, -0.05) is 18.2 Å². The van der Waals surface area contributed by atoms with E-state index in [1.54, 1.807) is 19.1 Å². The third-order valence-electron chi connectivity index (χ3n) is 4.22. The number of hydrogen-bond acceptors (Lipinski definition) is 7. The molecule has 0 saturated heterocycles. The number of hydrogen-bond donors (Lipinski definition) is 2. The van der Waals surface area contributed by atoms with Crippen molar-refractivity contribution in [1.82, 2.24) is 9.78 Å².